The topological polar surface area (TPSA) is 38.0 Å². The molecule has 19 heavy (non-hydrogen) atoms. The Kier molecular flexibility index (Phi) is 3.96. The Labute approximate surface area is 117 Å². The van der Waals surface area contributed by atoms with Crippen molar-refractivity contribution >= 4 is 28.7 Å². The standard InChI is InChI=1S/C15H16ClFN2/c1-9(2)10-3-5-11(6-4-10)19-15-7-12(16)13(17)8-14(15)18/h3-9,19H,18H2,1-2H3. The Morgan fingerprint density at radius 3 is 2.37 bits per heavy atom. The summed E-state index contributed by atoms with van der Waals surface area (Å²) in [6, 6.07) is 10.7. The fraction of sp³-hybridized carbons (Fsp3) is 0.200. The average molecular weight is 279 g/mol. The molecule has 0 fully saturated rings. The van der Waals surface area contributed by atoms with E-state index in [1.165, 1.54) is 17.7 Å². The number of nitrogens with two attached hydrogens (primary N) is 1. The van der Waals surface area contributed by atoms with Crippen molar-refractivity contribution in [2.45, 2.75) is 19.8 Å². The van der Waals surface area contributed by atoms with Crippen LogP contribution in [0.15, 0.2) is 36.4 Å². The summed E-state index contributed by atoms with van der Waals surface area (Å²) in [4.78, 5) is 0. The van der Waals surface area contributed by atoms with Gasteiger partial charge in [-0.1, -0.05) is 37.6 Å². The Morgan fingerprint density at radius 2 is 1.79 bits per heavy atom. The van der Waals surface area contributed by atoms with Gasteiger partial charge in [0, 0.05) is 11.8 Å². The predicted molar refractivity (Wildman–Crippen MR) is 79.6 cm³/mol. The van der Waals surface area contributed by atoms with Gasteiger partial charge < -0.3 is 11.1 Å². The molecule has 0 radical (unpaired) electrons. The van der Waals surface area contributed by atoms with E-state index in [4.69, 9.17) is 17.3 Å². The van der Waals surface area contributed by atoms with Crippen molar-refractivity contribution in [1.82, 2.24) is 0 Å². The van der Waals surface area contributed by atoms with Crippen molar-refractivity contribution in [3.63, 3.8) is 0 Å². The lowest BCUT2D eigenvalue weighted by Crippen LogP contribution is -1.98. The van der Waals surface area contributed by atoms with Crippen molar-refractivity contribution in [2.75, 3.05) is 11.1 Å². The molecule has 0 bridgehead atoms. The second-order valence-electron chi connectivity index (χ2n) is 4.76. The summed E-state index contributed by atoms with van der Waals surface area (Å²) in [6.45, 7) is 4.28. The molecule has 0 saturated carbocycles. The molecule has 0 aliphatic rings. The Morgan fingerprint density at radius 1 is 1.16 bits per heavy atom. The molecule has 2 nitrogen and oxygen atoms in total. The fourth-order valence-corrected chi connectivity index (χ4v) is 1.94. The lowest BCUT2D eigenvalue weighted by atomic mass is 10.0. The second-order valence-corrected chi connectivity index (χ2v) is 5.16. The molecule has 0 spiro atoms. The molecule has 0 unspecified atom stereocenters. The van der Waals surface area contributed by atoms with Crippen LogP contribution in [0.25, 0.3) is 0 Å². The maximum atomic E-state index is 13.2. The molecule has 0 saturated heterocycles. The minimum atomic E-state index is -0.514. The summed E-state index contributed by atoms with van der Waals surface area (Å²) in [7, 11) is 0. The van der Waals surface area contributed by atoms with Crippen LogP contribution < -0.4 is 11.1 Å². The maximum absolute atomic E-state index is 13.2. The first-order valence-corrected chi connectivity index (χ1v) is 6.46. The van der Waals surface area contributed by atoms with Gasteiger partial charge in [0.1, 0.15) is 5.82 Å². The van der Waals surface area contributed by atoms with Crippen LogP contribution in [0.4, 0.5) is 21.5 Å². The van der Waals surface area contributed by atoms with Gasteiger partial charge in [0.15, 0.2) is 0 Å². The zero-order valence-electron chi connectivity index (χ0n) is 10.9. The van der Waals surface area contributed by atoms with Crippen molar-refractivity contribution < 1.29 is 4.39 Å². The molecule has 0 heterocycles. The third-order valence-electron chi connectivity index (χ3n) is 2.95. The smallest absolute Gasteiger partial charge is 0.143 e. The van der Waals surface area contributed by atoms with Crippen molar-refractivity contribution in [2.24, 2.45) is 0 Å². The molecular formula is C15H16ClFN2. The van der Waals surface area contributed by atoms with E-state index in [1.807, 2.05) is 24.3 Å². The number of nitrogens with one attached hydrogen (secondary N) is 1. The zero-order chi connectivity index (χ0) is 14.0. The molecule has 0 amide bonds. The third-order valence-corrected chi connectivity index (χ3v) is 3.24. The fourth-order valence-electron chi connectivity index (χ4n) is 1.78. The summed E-state index contributed by atoms with van der Waals surface area (Å²) in [6.07, 6.45) is 0. The Balaban J connectivity index is 2.24. The largest absolute Gasteiger partial charge is 0.397 e. The van der Waals surface area contributed by atoms with Crippen LogP contribution >= 0.6 is 11.6 Å². The van der Waals surface area contributed by atoms with E-state index >= 15 is 0 Å². The molecule has 3 N–H and O–H groups in total. The van der Waals surface area contributed by atoms with E-state index in [2.05, 4.69) is 19.2 Å². The number of nitrogen functional groups attached to an aromatic ring is 1. The second kappa shape index (κ2) is 5.49. The molecular weight excluding hydrogens is 263 g/mol. The third kappa shape index (κ3) is 3.18. The van der Waals surface area contributed by atoms with Crippen molar-refractivity contribution in [3.05, 3.63) is 52.8 Å². The van der Waals surface area contributed by atoms with Gasteiger partial charge in [0.25, 0.3) is 0 Å². The molecule has 4 heteroatoms. The number of benzene rings is 2. The van der Waals surface area contributed by atoms with Crippen LogP contribution in [0.1, 0.15) is 25.3 Å². The molecule has 0 aliphatic heterocycles. The normalized spacial score (nSPS) is 10.8. The molecule has 2 aromatic carbocycles. The maximum Gasteiger partial charge on any atom is 0.143 e. The summed E-state index contributed by atoms with van der Waals surface area (Å²) < 4.78 is 13.2. The predicted octanol–water partition coefficient (Wildman–Crippen LogP) is 4.93. The quantitative estimate of drug-likeness (QED) is 0.782. The van der Waals surface area contributed by atoms with Crippen LogP contribution in [0.3, 0.4) is 0 Å². The summed E-state index contributed by atoms with van der Waals surface area (Å²) >= 11 is 5.75. The minimum Gasteiger partial charge on any atom is -0.397 e. The van der Waals surface area contributed by atoms with Gasteiger partial charge >= 0.3 is 0 Å². The van der Waals surface area contributed by atoms with E-state index in [0.717, 1.165) is 5.69 Å². The first-order valence-electron chi connectivity index (χ1n) is 6.09. The molecule has 2 rings (SSSR count). The van der Waals surface area contributed by atoms with Gasteiger partial charge in [-0.3, -0.25) is 0 Å². The van der Waals surface area contributed by atoms with E-state index in [9.17, 15) is 4.39 Å². The minimum absolute atomic E-state index is 0.0514. The van der Waals surface area contributed by atoms with E-state index in [-0.39, 0.29) is 5.02 Å². The van der Waals surface area contributed by atoms with Crippen LogP contribution in [-0.2, 0) is 0 Å². The Hall–Kier alpha value is -1.74. The lowest BCUT2D eigenvalue weighted by molar-refractivity contribution is 0.629. The molecule has 2 aromatic rings. The van der Waals surface area contributed by atoms with Crippen LogP contribution in [-0.4, -0.2) is 0 Å². The molecule has 0 aliphatic carbocycles. The number of hydrogen-bond acceptors (Lipinski definition) is 2. The summed E-state index contributed by atoms with van der Waals surface area (Å²) in [5, 5.41) is 3.18. The number of anilines is 3. The van der Waals surface area contributed by atoms with Gasteiger partial charge in [-0.15, -0.1) is 0 Å². The van der Waals surface area contributed by atoms with Gasteiger partial charge in [-0.2, -0.15) is 0 Å². The SMILES string of the molecule is CC(C)c1ccc(Nc2cc(Cl)c(F)cc2N)cc1. The molecule has 100 valence electrons. The first kappa shape index (κ1) is 13.7. The van der Waals surface area contributed by atoms with Crippen LogP contribution in [0, 0.1) is 5.82 Å². The van der Waals surface area contributed by atoms with Gasteiger partial charge in [0.2, 0.25) is 0 Å². The lowest BCUT2D eigenvalue weighted by Gasteiger charge is -2.12. The highest BCUT2D eigenvalue weighted by Crippen LogP contribution is 2.29. The number of rotatable bonds is 3. The highest BCUT2D eigenvalue weighted by molar-refractivity contribution is 6.31. The van der Waals surface area contributed by atoms with Gasteiger partial charge in [0.05, 0.1) is 16.4 Å². The van der Waals surface area contributed by atoms with Gasteiger partial charge in [-0.25, -0.2) is 4.39 Å². The van der Waals surface area contributed by atoms with E-state index in [0.29, 0.717) is 17.3 Å². The van der Waals surface area contributed by atoms with Crippen LogP contribution in [0.5, 0.6) is 0 Å². The summed E-state index contributed by atoms with van der Waals surface area (Å²) in [5.41, 5.74) is 8.83. The first-order chi connectivity index (χ1) is 8.97. The van der Waals surface area contributed by atoms with E-state index in [1.54, 1.807) is 0 Å². The van der Waals surface area contributed by atoms with Crippen LogP contribution in [0.2, 0.25) is 5.02 Å². The Bertz CT molecular complexity index is 579. The monoisotopic (exact) mass is 278 g/mol. The zero-order valence-corrected chi connectivity index (χ0v) is 11.6. The highest BCUT2D eigenvalue weighted by atomic mass is 35.5. The average Bonchev–Trinajstić information content (AvgIpc) is 2.36. The molecule has 0 atom stereocenters. The van der Waals surface area contributed by atoms with Gasteiger partial charge in [-0.05, 0) is 29.7 Å². The summed E-state index contributed by atoms with van der Waals surface area (Å²) in [5.74, 6) is -0.0285. The highest BCUT2D eigenvalue weighted by Gasteiger charge is 2.07. The van der Waals surface area contributed by atoms with Crippen molar-refractivity contribution in [1.29, 1.82) is 0 Å². The number of hydrogen-bond donors (Lipinski definition) is 2. The molecule has 0 aromatic heterocycles. The number of halogens is 2. The van der Waals surface area contributed by atoms with E-state index < -0.39 is 5.82 Å². The van der Waals surface area contributed by atoms with Crippen molar-refractivity contribution in [3.8, 4) is 0 Å².